The van der Waals surface area contributed by atoms with Crippen molar-refractivity contribution in [2.24, 2.45) is 16.5 Å². The quantitative estimate of drug-likeness (QED) is 0.309. The maximum Gasteiger partial charge on any atom is 0.335 e. The lowest BCUT2D eigenvalue weighted by molar-refractivity contribution is 0.0697. The first-order chi connectivity index (χ1) is 6.99. The van der Waals surface area contributed by atoms with E-state index in [-0.39, 0.29) is 18.1 Å². The summed E-state index contributed by atoms with van der Waals surface area (Å²) in [5, 5.41) is 8.77. The largest absolute Gasteiger partial charge is 0.478 e. The van der Waals surface area contributed by atoms with Gasteiger partial charge in [0.1, 0.15) is 0 Å². The molecule has 6 heteroatoms. The van der Waals surface area contributed by atoms with Crippen LogP contribution in [0.5, 0.6) is 0 Å². The Morgan fingerprint density at radius 2 is 2.00 bits per heavy atom. The maximum absolute atomic E-state index is 10.7. The predicted molar refractivity (Wildman–Crippen MR) is 57.3 cm³/mol. The van der Waals surface area contributed by atoms with Crippen molar-refractivity contribution in [2.75, 3.05) is 5.73 Å². The number of carboxylic acid groups (broad SMARTS) is 1. The second-order valence-electron chi connectivity index (χ2n) is 3.01. The van der Waals surface area contributed by atoms with E-state index >= 15 is 0 Å². The smallest absolute Gasteiger partial charge is 0.335 e. The Balaban J connectivity index is 2.99. The molecule has 0 aromatic heterocycles. The van der Waals surface area contributed by atoms with Gasteiger partial charge in [-0.25, -0.2) is 9.79 Å². The summed E-state index contributed by atoms with van der Waals surface area (Å²) < 4.78 is 0. The Bertz CT molecular complexity index is 411. The number of benzene rings is 1. The highest BCUT2D eigenvalue weighted by molar-refractivity contribution is 5.89. The van der Waals surface area contributed by atoms with E-state index in [0.717, 1.165) is 0 Å². The van der Waals surface area contributed by atoms with Crippen molar-refractivity contribution in [3.8, 4) is 0 Å². The Kier molecular flexibility index (Phi) is 3.12. The van der Waals surface area contributed by atoms with Crippen molar-refractivity contribution in [1.82, 2.24) is 0 Å². The predicted octanol–water partition coefficient (Wildman–Crippen LogP) is -0.260. The molecule has 0 fully saturated rings. The van der Waals surface area contributed by atoms with Crippen LogP contribution in [0.15, 0.2) is 23.2 Å². The van der Waals surface area contributed by atoms with Gasteiger partial charge in [-0.1, -0.05) is 0 Å². The molecule has 0 saturated heterocycles. The second-order valence-corrected chi connectivity index (χ2v) is 3.01. The number of nitrogens with two attached hydrogens (primary N) is 3. The van der Waals surface area contributed by atoms with Crippen molar-refractivity contribution in [1.29, 1.82) is 0 Å². The molecule has 6 nitrogen and oxygen atoms in total. The van der Waals surface area contributed by atoms with Crippen LogP contribution in [0.1, 0.15) is 15.9 Å². The molecular weight excluding hydrogens is 196 g/mol. The molecule has 7 N–H and O–H groups in total. The van der Waals surface area contributed by atoms with Crippen molar-refractivity contribution < 1.29 is 9.90 Å². The summed E-state index contributed by atoms with van der Waals surface area (Å²) in [6.07, 6.45) is 0. The Morgan fingerprint density at radius 1 is 1.33 bits per heavy atom. The van der Waals surface area contributed by atoms with Crippen LogP contribution >= 0.6 is 0 Å². The van der Waals surface area contributed by atoms with Crippen LogP contribution in [-0.4, -0.2) is 17.0 Å². The van der Waals surface area contributed by atoms with Crippen molar-refractivity contribution in [3.05, 3.63) is 29.3 Å². The van der Waals surface area contributed by atoms with Crippen molar-refractivity contribution >= 4 is 17.6 Å². The summed E-state index contributed by atoms with van der Waals surface area (Å²) in [6, 6.07) is 4.48. The number of carbonyl (C=O) groups is 1. The molecule has 0 heterocycles. The van der Waals surface area contributed by atoms with Crippen LogP contribution in [0.4, 0.5) is 5.69 Å². The highest BCUT2D eigenvalue weighted by Gasteiger charge is 2.05. The Morgan fingerprint density at radius 3 is 2.53 bits per heavy atom. The van der Waals surface area contributed by atoms with Gasteiger partial charge in [0.2, 0.25) is 0 Å². The van der Waals surface area contributed by atoms with Gasteiger partial charge in [-0.15, -0.1) is 0 Å². The molecule has 0 bridgehead atoms. The molecule has 0 saturated carbocycles. The van der Waals surface area contributed by atoms with Crippen LogP contribution in [0, 0.1) is 0 Å². The van der Waals surface area contributed by atoms with Gasteiger partial charge in [0.25, 0.3) is 0 Å². The summed E-state index contributed by atoms with van der Waals surface area (Å²) in [4.78, 5) is 14.5. The summed E-state index contributed by atoms with van der Waals surface area (Å²) in [7, 11) is 0. The van der Waals surface area contributed by atoms with E-state index in [4.69, 9.17) is 22.3 Å². The molecular formula is C9H12N4O2. The number of hydrogen-bond acceptors (Lipinski definition) is 3. The number of anilines is 1. The summed E-state index contributed by atoms with van der Waals surface area (Å²) in [6.45, 7) is 0.216. The van der Waals surface area contributed by atoms with E-state index in [1.54, 1.807) is 6.07 Å². The summed E-state index contributed by atoms with van der Waals surface area (Å²) in [5.74, 6) is -1.08. The number of nitrogen functional groups attached to an aromatic ring is 1. The van der Waals surface area contributed by atoms with Gasteiger partial charge in [0, 0.05) is 5.69 Å². The van der Waals surface area contributed by atoms with Gasteiger partial charge >= 0.3 is 5.97 Å². The molecule has 1 aromatic rings. The van der Waals surface area contributed by atoms with Crippen LogP contribution in [0.2, 0.25) is 0 Å². The molecule has 0 aliphatic heterocycles. The first-order valence-electron chi connectivity index (χ1n) is 4.17. The van der Waals surface area contributed by atoms with Crippen LogP contribution in [0.3, 0.4) is 0 Å². The third-order valence-corrected chi connectivity index (χ3v) is 1.71. The average Bonchev–Trinajstić information content (AvgIpc) is 2.13. The first kappa shape index (κ1) is 10.8. The number of guanidine groups is 1. The standard InChI is InChI=1S/C9H12N4O2/c10-7-2-5(4-13-9(11)12)1-6(3-7)8(14)15/h1-3H,4,10H2,(H,14,15)(H4,11,12,13). The minimum absolute atomic E-state index is 0.0469. The van der Waals surface area contributed by atoms with Crippen molar-refractivity contribution in [3.63, 3.8) is 0 Å². The van der Waals surface area contributed by atoms with Gasteiger partial charge in [0.05, 0.1) is 12.1 Å². The van der Waals surface area contributed by atoms with Crippen LogP contribution in [0.25, 0.3) is 0 Å². The topological polar surface area (TPSA) is 128 Å². The summed E-state index contributed by atoms with van der Waals surface area (Å²) in [5.41, 5.74) is 17.0. The third-order valence-electron chi connectivity index (χ3n) is 1.71. The second kappa shape index (κ2) is 4.32. The number of aliphatic imine (C=N–C) groups is 1. The van der Waals surface area contributed by atoms with Gasteiger partial charge in [-0.2, -0.15) is 0 Å². The zero-order chi connectivity index (χ0) is 11.4. The fourth-order valence-electron chi connectivity index (χ4n) is 1.12. The Labute approximate surface area is 86.4 Å². The third kappa shape index (κ3) is 3.18. The van der Waals surface area contributed by atoms with E-state index in [0.29, 0.717) is 11.3 Å². The highest BCUT2D eigenvalue weighted by Crippen LogP contribution is 2.13. The Hall–Kier alpha value is -2.24. The highest BCUT2D eigenvalue weighted by atomic mass is 16.4. The molecule has 0 aliphatic carbocycles. The van der Waals surface area contributed by atoms with Crippen molar-refractivity contribution in [2.45, 2.75) is 6.54 Å². The van der Waals surface area contributed by atoms with Gasteiger partial charge in [0.15, 0.2) is 5.96 Å². The molecule has 1 rings (SSSR count). The number of carboxylic acids is 1. The van der Waals surface area contributed by atoms with Crippen LogP contribution < -0.4 is 17.2 Å². The molecule has 0 unspecified atom stereocenters. The van der Waals surface area contributed by atoms with E-state index in [1.807, 2.05) is 0 Å². The maximum atomic E-state index is 10.7. The van der Waals surface area contributed by atoms with Crippen LogP contribution in [-0.2, 0) is 6.54 Å². The molecule has 0 atom stereocenters. The SMILES string of the molecule is NC(N)=NCc1cc(N)cc(C(=O)O)c1. The monoisotopic (exact) mass is 208 g/mol. The molecule has 0 amide bonds. The lowest BCUT2D eigenvalue weighted by Gasteiger charge is -2.02. The van der Waals surface area contributed by atoms with E-state index in [2.05, 4.69) is 4.99 Å². The fourth-order valence-corrected chi connectivity index (χ4v) is 1.12. The average molecular weight is 208 g/mol. The summed E-state index contributed by atoms with van der Waals surface area (Å²) >= 11 is 0. The molecule has 0 aliphatic rings. The molecule has 0 radical (unpaired) electrons. The number of aromatic carboxylic acids is 1. The van der Waals surface area contributed by atoms with Gasteiger partial charge in [-0.3, -0.25) is 0 Å². The number of nitrogens with zero attached hydrogens (tertiary/aromatic N) is 1. The molecule has 0 spiro atoms. The molecule has 1 aromatic carbocycles. The number of hydrogen-bond donors (Lipinski definition) is 4. The molecule has 80 valence electrons. The lowest BCUT2D eigenvalue weighted by atomic mass is 10.1. The zero-order valence-electron chi connectivity index (χ0n) is 7.97. The minimum Gasteiger partial charge on any atom is -0.478 e. The first-order valence-corrected chi connectivity index (χ1v) is 4.17. The van der Waals surface area contributed by atoms with Gasteiger partial charge in [-0.05, 0) is 23.8 Å². The molecule has 15 heavy (non-hydrogen) atoms. The normalized spacial score (nSPS) is 9.60. The minimum atomic E-state index is -1.03. The van der Waals surface area contributed by atoms with E-state index in [9.17, 15) is 4.79 Å². The number of rotatable bonds is 3. The lowest BCUT2D eigenvalue weighted by Crippen LogP contribution is -2.22. The van der Waals surface area contributed by atoms with Gasteiger partial charge < -0.3 is 22.3 Å². The zero-order valence-corrected chi connectivity index (χ0v) is 7.97. The van der Waals surface area contributed by atoms with E-state index in [1.165, 1.54) is 12.1 Å². The van der Waals surface area contributed by atoms with E-state index < -0.39 is 5.97 Å². The fraction of sp³-hybridized carbons (Fsp3) is 0.111.